The van der Waals surface area contributed by atoms with Gasteiger partial charge in [-0.25, -0.2) is 0 Å². The van der Waals surface area contributed by atoms with Crippen LogP contribution in [0, 0.1) is 5.92 Å². The molecule has 0 spiro atoms. The molecule has 1 saturated carbocycles. The van der Waals surface area contributed by atoms with Crippen molar-refractivity contribution in [2.75, 3.05) is 5.32 Å². The van der Waals surface area contributed by atoms with Crippen LogP contribution in [-0.4, -0.2) is 6.04 Å². The molecule has 1 aliphatic carbocycles. The Hall–Kier alpha value is -0.980. The molecule has 1 aromatic rings. The fourth-order valence-electron chi connectivity index (χ4n) is 2.59. The molecule has 1 N–H and O–H groups in total. The maximum atomic E-state index is 3.58. The van der Waals surface area contributed by atoms with Crippen molar-refractivity contribution in [1.82, 2.24) is 0 Å². The van der Waals surface area contributed by atoms with E-state index in [0.29, 0.717) is 0 Å². The molecule has 0 radical (unpaired) electrons. The van der Waals surface area contributed by atoms with E-state index in [1.165, 1.54) is 12.1 Å². The Morgan fingerprint density at radius 3 is 3.00 bits per heavy atom. The van der Waals surface area contributed by atoms with E-state index in [0.717, 1.165) is 17.9 Å². The van der Waals surface area contributed by atoms with Crippen molar-refractivity contribution in [2.24, 2.45) is 5.92 Å². The molecule has 0 bridgehead atoms. The van der Waals surface area contributed by atoms with Crippen molar-refractivity contribution in [3.8, 4) is 0 Å². The molecule has 12 heavy (non-hydrogen) atoms. The van der Waals surface area contributed by atoms with Crippen molar-refractivity contribution in [2.45, 2.75) is 25.3 Å². The summed E-state index contributed by atoms with van der Waals surface area (Å²) in [5.41, 5.74) is 2.91. The zero-order valence-electron chi connectivity index (χ0n) is 7.25. The molecule has 3 atom stereocenters. The monoisotopic (exact) mass is 159 g/mol. The van der Waals surface area contributed by atoms with Crippen LogP contribution in [0.1, 0.15) is 24.8 Å². The van der Waals surface area contributed by atoms with Gasteiger partial charge in [0, 0.05) is 17.6 Å². The fourth-order valence-corrected chi connectivity index (χ4v) is 2.59. The largest absolute Gasteiger partial charge is 0.381 e. The fraction of sp³-hybridized carbons (Fsp3) is 0.455. The van der Waals surface area contributed by atoms with Crippen LogP contribution in [-0.2, 0) is 0 Å². The highest BCUT2D eigenvalue weighted by atomic mass is 15.0. The van der Waals surface area contributed by atoms with Crippen LogP contribution in [0.3, 0.4) is 0 Å². The lowest BCUT2D eigenvalue weighted by Crippen LogP contribution is -2.39. The zero-order chi connectivity index (χ0) is 8.13. The summed E-state index contributed by atoms with van der Waals surface area (Å²) in [6, 6.07) is 9.45. The Morgan fingerprint density at radius 2 is 2.17 bits per heavy atom. The molecular formula is C11H13N. The second kappa shape index (κ2) is 2.03. The van der Waals surface area contributed by atoms with Gasteiger partial charge in [-0.1, -0.05) is 25.1 Å². The van der Waals surface area contributed by atoms with E-state index in [9.17, 15) is 0 Å². The molecule has 2 aliphatic rings. The lowest BCUT2D eigenvalue weighted by Gasteiger charge is -2.38. The normalized spacial score (nSPS) is 36.2. The van der Waals surface area contributed by atoms with Gasteiger partial charge in [-0.2, -0.15) is 0 Å². The van der Waals surface area contributed by atoms with E-state index >= 15 is 0 Å². The minimum absolute atomic E-state index is 0.738. The van der Waals surface area contributed by atoms with Gasteiger partial charge < -0.3 is 5.32 Å². The molecule has 1 heteroatoms. The first-order chi connectivity index (χ1) is 5.86. The number of benzene rings is 1. The Morgan fingerprint density at radius 1 is 1.33 bits per heavy atom. The standard InChI is InChI=1S/C11H13N/c1-7-6-9-8-4-2-3-5-10(8)12-11(7)9/h2-5,7,9,11-12H,6H2,1H3/t7?,9-,11?/m1/s1. The van der Waals surface area contributed by atoms with Crippen molar-refractivity contribution < 1.29 is 0 Å². The molecule has 1 fully saturated rings. The van der Waals surface area contributed by atoms with Gasteiger partial charge in [0.15, 0.2) is 0 Å². The van der Waals surface area contributed by atoms with E-state index in [2.05, 4.69) is 36.5 Å². The molecule has 1 nitrogen and oxygen atoms in total. The Bertz CT molecular complexity index is 319. The summed E-state index contributed by atoms with van der Waals surface area (Å²) in [4.78, 5) is 0. The van der Waals surface area contributed by atoms with Crippen molar-refractivity contribution in [3.63, 3.8) is 0 Å². The summed E-state index contributed by atoms with van der Waals surface area (Å²) in [6.07, 6.45) is 1.37. The minimum Gasteiger partial charge on any atom is -0.381 e. The van der Waals surface area contributed by atoms with Crippen molar-refractivity contribution >= 4 is 5.69 Å². The summed E-state index contributed by atoms with van der Waals surface area (Å²) in [5, 5.41) is 3.58. The molecule has 0 aromatic heterocycles. The van der Waals surface area contributed by atoms with Gasteiger partial charge in [0.2, 0.25) is 0 Å². The van der Waals surface area contributed by atoms with Crippen LogP contribution < -0.4 is 5.32 Å². The SMILES string of the molecule is CC1C[C@@H]2c3ccccc3NC12. The average molecular weight is 159 g/mol. The molecule has 2 unspecified atom stereocenters. The summed E-state index contributed by atoms with van der Waals surface area (Å²) in [6.45, 7) is 2.33. The van der Waals surface area contributed by atoms with Crippen molar-refractivity contribution in [3.05, 3.63) is 29.8 Å². The van der Waals surface area contributed by atoms with Gasteiger partial charge in [-0.3, -0.25) is 0 Å². The first kappa shape index (κ1) is 6.53. The number of anilines is 1. The molecule has 0 saturated heterocycles. The molecule has 1 aromatic carbocycles. The van der Waals surface area contributed by atoms with Gasteiger partial charge in [0.05, 0.1) is 0 Å². The predicted octanol–water partition coefficient (Wildman–Crippen LogP) is 2.60. The number of fused-ring (bicyclic) bond motifs is 3. The highest BCUT2D eigenvalue weighted by Crippen LogP contribution is 2.50. The third-order valence-electron chi connectivity index (χ3n) is 3.35. The zero-order valence-corrected chi connectivity index (χ0v) is 7.25. The highest BCUT2D eigenvalue weighted by Gasteiger charge is 2.44. The van der Waals surface area contributed by atoms with Gasteiger partial charge in [-0.15, -0.1) is 0 Å². The van der Waals surface area contributed by atoms with Crippen LogP contribution in [0.15, 0.2) is 24.3 Å². The van der Waals surface area contributed by atoms with Crippen LogP contribution in [0.5, 0.6) is 0 Å². The van der Waals surface area contributed by atoms with E-state index in [-0.39, 0.29) is 0 Å². The number of hydrogen-bond donors (Lipinski definition) is 1. The Labute approximate surface area is 72.8 Å². The van der Waals surface area contributed by atoms with E-state index in [1.807, 2.05) is 0 Å². The lowest BCUT2D eigenvalue weighted by atomic mass is 9.70. The predicted molar refractivity (Wildman–Crippen MR) is 50.4 cm³/mol. The molecule has 1 aliphatic heterocycles. The second-order valence-corrected chi connectivity index (χ2v) is 4.08. The molecule has 1 heterocycles. The maximum Gasteiger partial charge on any atom is 0.0378 e. The van der Waals surface area contributed by atoms with Crippen LogP contribution in [0.2, 0.25) is 0 Å². The highest BCUT2D eigenvalue weighted by molar-refractivity contribution is 5.61. The first-order valence-corrected chi connectivity index (χ1v) is 4.72. The van der Waals surface area contributed by atoms with E-state index < -0.39 is 0 Å². The average Bonchev–Trinajstić information content (AvgIpc) is 2.39. The number of nitrogens with one attached hydrogen (secondary N) is 1. The molecule has 62 valence electrons. The lowest BCUT2D eigenvalue weighted by molar-refractivity contribution is 0.265. The van der Waals surface area contributed by atoms with Crippen LogP contribution in [0.25, 0.3) is 0 Å². The number of hydrogen-bond acceptors (Lipinski definition) is 1. The van der Waals surface area contributed by atoms with Gasteiger partial charge in [-0.05, 0) is 24.0 Å². The summed E-state index contributed by atoms with van der Waals surface area (Å²) >= 11 is 0. The quantitative estimate of drug-likeness (QED) is 0.613. The summed E-state index contributed by atoms with van der Waals surface area (Å²) in [7, 11) is 0. The third-order valence-corrected chi connectivity index (χ3v) is 3.35. The second-order valence-electron chi connectivity index (χ2n) is 4.08. The van der Waals surface area contributed by atoms with Gasteiger partial charge in [0.1, 0.15) is 0 Å². The Balaban J connectivity index is 2.05. The van der Waals surface area contributed by atoms with Gasteiger partial charge in [0.25, 0.3) is 0 Å². The smallest absolute Gasteiger partial charge is 0.0378 e. The Kier molecular flexibility index (Phi) is 1.11. The third kappa shape index (κ3) is 0.644. The molecular weight excluding hydrogens is 146 g/mol. The molecule has 3 rings (SSSR count). The summed E-state index contributed by atoms with van der Waals surface area (Å²) < 4.78 is 0. The van der Waals surface area contributed by atoms with Crippen LogP contribution >= 0.6 is 0 Å². The number of rotatable bonds is 0. The molecule has 0 amide bonds. The van der Waals surface area contributed by atoms with E-state index in [1.54, 1.807) is 5.56 Å². The van der Waals surface area contributed by atoms with E-state index in [4.69, 9.17) is 0 Å². The number of para-hydroxylation sites is 1. The first-order valence-electron chi connectivity index (χ1n) is 4.72. The summed E-state index contributed by atoms with van der Waals surface area (Å²) in [5.74, 6) is 1.68. The maximum absolute atomic E-state index is 3.58. The minimum atomic E-state index is 0.738. The van der Waals surface area contributed by atoms with Crippen LogP contribution in [0.4, 0.5) is 5.69 Å². The van der Waals surface area contributed by atoms with Crippen molar-refractivity contribution in [1.29, 1.82) is 0 Å². The van der Waals surface area contributed by atoms with Gasteiger partial charge >= 0.3 is 0 Å². The topological polar surface area (TPSA) is 12.0 Å².